The molecule has 2 heteroatoms. The summed E-state index contributed by atoms with van der Waals surface area (Å²) in [5, 5.41) is 0. The molecule has 9 heavy (non-hydrogen) atoms. The van der Waals surface area contributed by atoms with Crippen LogP contribution in [0.5, 0.6) is 0 Å². The van der Waals surface area contributed by atoms with Crippen LogP contribution >= 0.6 is 15.9 Å². The van der Waals surface area contributed by atoms with Gasteiger partial charge in [-0.1, -0.05) is 15.9 Å². The van der Waals surface area contributed by atoms with Gasteiger partial charge in [-0.3, -0.25) is 0 Å². The fourth-order valence-electron chi connectivity index (χ4n) is 0.484. The van der Waals surface area contributed by atoms with Crippen molar-refractivity contribution in [3.8, 4) is 0 Å². The number of halogens is 1. The van der Waals surface area contributed by atoms with Crippen molar-refractivity contribution >= 4 is 15.9 Å². The first-order valence-electron chi connectivity index (χ1n) is 2.36. The van der Waals surface area contributed by atoms with Crippen LogP contribution in [0.25, 0.3) is 0 Å². The zero-order valence-corrected chi connectivity index (χ0v) is 10.2. The Hall–Kier alpha value is 0.583. The maximum absolute atomic E-state index is 3.74. The molecule has 0 N–H and O–H groups in total. The Kier molecular flexibility index (Phi) is 4.69. The van der Waals surface area contributed by atoms with Crippen molar-refractivity contribution in [2.45, 2.75) is 0 Å². The summed E-state index contributed by atoms with van der Waals surface area (Å²) >= 11 is 3.32. The average molecular weight is 407 g/mol. The zero-order valence-electron chi connectivity index (χ0n) is 4.84. The molecule has 0 aromatic heterocycles. The van der Waals surface area contributed by atoms with Crippen LogP contribution in [-0.2, 0) is 0 Å². The molecule has 0 saturated heterocycles. The van der Waals surface area contributed by atoms with Gasteiger partial charge in [-0.15, -0.1) is 12.1 Å². The SMILES string of the molecule is [CH2-]c1ccc(Br)cc1.[Np]. The van der Waals surface area contributed by atoms with Crippen molar-refractivity contribution in [2.75, 3.05) is 0 Å². The maximum atomic E-state index is 3.74. The summed E-state index contributed by atoms with van der Waals surface area (Å²) in [6.45, 7) is 3.74. The summed E-state index contributed by atoms with van der Waals surface area (Å²) in [5.74, 6) is 0. The van der Waals surface area contributed by atoms with Gasteiger partial charge in [-0.05, 0) is 4.47 Å². The Morgan fingerprint density at radius 2 is 1.56 bits per heavy atom. The predicted molar refractivity (Wildman–Crippen MR) is 38.6 cm³/mol. The first kappa shape index (κ1) is 9.58. The van der Waals surface area contributed by atoms with E-state index in [1.165, 1.54) is 0 Å². The fraction of sp³-hybridized carbons (Fsp3) is 0. The van der Waals surface area contributed by atoms with Crippen molar-refractivity contribution in [3.05, 3.63) is 41.2 Å². The quantitative estimate of drug-likeness (QED) is 0.581. The van der Waals surface area contributed by atoms with Gasteiger partial charge in [0.1, 0.15) is 0 Å². The van der Waals surface area contributed by atoms with Crippen LogP contribution in [0.1, 0.15) is 5.56 Å². The molecular formula is C7H6BrNp-. The minimum Gasteiger partial charge on any atom is -0.199 e. The van der Waals surface area contributed by atoms with E-state index in [2.05, 4.69) is 22.9 Å². The van der Waals surface area contributed by atoms with Crippen molar-refractivity contribution in [2.24, 2.45) is 0 Å². The minimum absolute atomic E-state index is 0. The number of hydrogen-bond donors (Lipinski definition) is 0. The predicted octanol–water partition coefficient (Wildman–Crippen LogP) is 2.63. The van der Waals surface area contributed by atoms with Crippen molar-refractivity contribution in [3.63, 3.8) is 0 Å². The Balaban J connectivity index is 0.000000640. The molecule has 0 atom stereocenters. The van der Waals surface area contributed by atoms with Crippen LogP contribution in [0.3, 0.4) is 0 Å². The largest absolute Gasteiger partial charge is 0.199 e. The Labute approximate surface area is 86.4 Å². The van der Waals surface area contributed by atoms with Crippen LogP contribution in [-0.4, -0.2) is 0 Å². The summed E-state index contributed by atoms with van der Waals surface area (Å²) in [6.07, 6.45) is 0. The topological polar surface area (TPSA) is 0 Å². The van der Waals surface area contributed by atoms with Gasteiger partial charge in [0, 0.05) is 29.9 Å². The average Bonchev–Trinajstić information content (AvgIpc) is 1.77. The van der Waals surface area contributed by atoms with Gasteiger partial charge in [0.2, 0.25) is 0 Å². The van der Waals surface area contributed by atoms with E-state index in [1.807, 2.05) is 24.3 Å². The molecule has 0 amide bonds. The van der Waals surface area contributed by atoms with Crippen molar-refractivity contribution < 1.29 is 29.9 Å². The number of rotatable bonds is 0. The molecule has 0 bridgehead atoms. The Bertz CT molecular complexity index is 148. The first-order chi connectivity index (χ1) is 3.79. The summed E-state index contributed by atoms with van der Waals surface area (Å²) in [5.41, 5.74) is 1.05. The van der Waals surface area contributed by atoms with Gasteiger partial charge in [-0.2, -0.15) is 24.6 Å². The third kappa shape index (κ3) is 3.32. The van der Waals surface area contributed by atoms with Gasteiger partial charge in [-0.25, -0.2) is 0 Å². The van der Waals surface area contributed by atoms with Crippen LogP contribution in [0, 0.1) is 36.9 Å². The molecule has 1 aromatic rings. The second-order valence-corrected chi connectivity index (χ2v) is 2.54. The molecule has 1 aromatic carbocycles. The molecule has 1 rings (SSSR count). The van der Waals surface area contributed by atoms with Gasteiger partial charge >= 0.3 is 0 Å². The van der Waals surface area contributed by atoms with Crippen LogP contribution in [0.15, 0.2) is 28.7 Å². The molecule has 0 unspecified atom stereocenters. The number of benzene rings is 1. The second kappa shape index (κ2) is 4.41. The second-order valence-electron chi connectivity index (χ2n) is 1.63. The van der Waals surface area contributed by atoms with E-state index >= 15 is 0 Å². The molecule has 0 nitrogen and oxygen atoms in total. The monoisotopic (exact) mass is 405 g/mol. The smallest absolute Gasteiger partial charge is 0 e. The molecule has 0 heterocycles. The molecule has 1 radical (unpaired) electrons. The van der Waals surface area contributed by atoms with E-state index in [4.69, 9.17) is 0 Å². The summed E-state index contributed by atoms with van der Waals surface area (Å²) in [4.78, 5) is 0. The zero-order chi connectivity index (χ0) is 5.98. The molecular weight excluding hydrogens is 401 g/mol. The van der Waals surface area contributed by atoms with Gasteiger partial charge < -0.3 is 0 Å². The molecule has 0 fully saturated rings. The first-order valence-corrected chi connectivity index (χ1v) is 3.16. The summed E-state index contributed by atoms with van der Waals surface area (Å²) in [6, 6.07) is 7.87. The normalized spacial score (nSPS) is 8.11. The summed E-state index contributed by atoms with van der Waals surface area (Å²) in [7, 11) is 0. The van der Waals surface area contributed by atoms with E-state index in [-0.39, 0.29) is 29.9 Å². The Morgan fingerprint density at radius 3 is 1.89 bits per heavy atom. The third-order valence-electron chi connectivity index (χ3n) is 0.913. The summed E-state index contributed by atoms with van der Waals surface area (Å²) < 4.78 is 1.10. The molecule has 0 aliphatic carbocycles. The molecule has 47 valence electrons. The van der Waals surface area contributed by atoms with Crippen molar-refractivity contribution in [1.82, 2.24) is 0 Å². The van der Waals surface area contributed by atoms with E-state index < -0.39 is 0 Å². The van der Waals surface area contributed by atoms with Gasteiger partial charge in [0.25, 0.3) is 0 Å². The van der Waals surface area contributed by atoms with Crippen LogP contribution < -0.4 is 0 Å². The minimum atomic E-state index is 0. The molecule has 0 saturated carbocycles. The fourth-order valence-corrected chi connectivity index (χ4v) is 0.749. The van der Waals surface area contributed by atoms with Gasteiger partial charge in [0.15, 0.2) is 0 Å². The van der Waals surface area contributed by atoms with Gasteiger partial charge in [0.05, 0.1) is 0 Å². The standard InChI is InChI=1S/C7H6Br.Np/c1-6-2-4-7(8)5-3-6;/h2-5H,1H2;/q-1;. The van der Waals surface area contributed by atoms with E-state index in [0.717, 1.165) is 10.0 Å². The molecule has 0 spiro atoms. The molecule has 0 aliphatic rings. The maximum Gasteiger partial charge on any atom is 0 e. The van der Waals surface area contributed by atoms with Crippen molar-refractivity contribution in [1.29, 1.82) is 0 Å². The van der Waals surface area contributed by atoms with E-state index in [9.17, 15) is 0 Å². The van der Waals surface area contributed by atoms with Crippen LogP contribution in [0.4, 0.5) is 0 Å². The Morgan fingerprint density at radius 1 is 1.11 bits per heavy atom. The van der Waals surface area contributed by atoms with E-state index in [0.29, 0.717) is 0 Å². The number of hydrogen-bond acceptors (Lipinski definition) is 0. The third-order valence-corrected chi connectivity index (χ3v) is 1.44. The van der Waals surface area contributed by atoms with Crippen LogP contribution in [0.2, 0.25) is 0 Å². The molecule has 0 aliphatic heterocycles. The van der Waals surface area contributed by atoms with E-state index in [1.54, 1.807) is 0 Å².